The van der Waals surface area contributed by atoms with E-state index in [1.807, 2.05) is 0 Å². The molecule has 2 rings (SSSR count). The van der Waals surface area contributed by atoms with Crippen LogP contribution >= 0.6 is 0 Å². The van der Waals surface area contributed by atoms with Crippen LogP contribution in [0, 0.1) is 5.92 Å². The third-order valence-electron chi connectivity index (χ3n) is 4.78. The molecule has 1 aromatic rings. The molecule has 0 radical (unpaired) electrons. The van der Waals surface area contributed by atoms with Gasteiger partial charge < -0.3 is 5.73 Å². The summed E-state index contributed by atoms with van der Waals surface area (Å²) in [6, 6.07) is 10.0. The highest BCUT2D eigenvalue weighted by Gasteiger charge is 2.26. The van der Waals surface area contributed by atoms with E-state index in [0.29, 0.717) is 18.0 Å². The first-order valence-electron chi connectivity index (χ1n) is 8.20. The number of nitrogens with two attached hydrogens (primary N) is 1. The molecule has 0 amide bonds. The van der Waals surface area contributed by atoms with Crippen LogP contribution in [0.3, 0.4) is 0 Å². The van der Waals surface area contributed by atoms with Gasteiger partial charge in [0.25, 0.3) is 0 Å². The van der Waals surface area contributed by atoms with E-state index in [9.17, 15) is 0 Å². The first-order valence-corrected chi connectivity index (χ1v) is 8.20. The quantitative estimate of drug-likeness (QED) is 0.886. The van der Waals surface area contributed by atoms with Gasteiger partial charge in [0.2, 0.25) is 0 Å². The van der Waals surface area contributed by atoms with Crippen LogP contribution in [0.2, 0.25) is 0 Å². The summed E-state index contributed by atoms with van der Waals surface area (Å²) in [7, 11) is 0. The van der Waals surface area contributed by atoms with Gasteiger partial charge in [0.1, 0.15) is 0 Å². The number of hydrogen-bond acceptors (Lipinski definition) is 2. The molecule has 3 unspecified atom stereocenters. The Morgan fingerprint density at radius 3 is 2.55 bits per heavy atom. The summed E-state index contributed by atoms with van der Waals surface area (Å²) in [6.45, 7) is 9.08. The molecule has 3 atom stereocenters. The molecule has 0 saturated carbocycles. The summed E-state index contributed by atoms with van der Waals surface area (Å²) in [6.07, 6.45) is 4.98. The van der Waals surface area contributed by atoms with Crippen molar-refractivity contribution in [3.63, 3.8) is 0 Å². The number of piperidine rings is 1. The molecule has 20 heavy (non-hydrogen) atoms. The Labute approximate surface area is 124 Å². The lowest BCUT2D eigenvalue weighted by Crippen LogP contribution is -2.43. The molecule has 112 valence electrons. The zero-order chi connectivity index (χ0) is 14.5. The third-order valence-corrected chi connectivity index (χ3v) is 4.78. The zero-order valence-corrected chi connectivity index (χ0v) is 13.3. The normalized spacial score (nSPS) is 23.5. The van der Waals surface area contributed by atoms with Crippen molar-refractivity contribution in [3.8, 4) is 0 Å². The largest absolute Gasteiger partial charge is 0.328 e. The molecule has 2 nitrogen and oxygen atoms in total. The average molecular weight is 274 g/mol. The van der Waals surface area contributed by atoms with Crippen LogP contribution in [-0.4, -0.2) is 24.0 Å². The SMILES string of the molecule is CCCc1ccc(C(C)N2CCCC(C(C)N)C2)cc1. The van der Waals surface area contributed by atoms with Gasteiger partial charge in [-0.3, -0.25) is 4.90 Å². The summed E-state index contributed by atoms with van der Waals surface area (Å²) < 4.78 is 0. The minimum absolute atomic E-state index is 0.317. The summed E-state index contributed by atoms with van der Waals surface area (Å²) in [5.41, 5.74) is 8.99. The molecule has 0 bridgehead atoms. The van der Waals surface area contributed by atoms with Crippen LogP contribution in [-0.2, 0) is 6.42 Å². The average Bonchev–Trinajstić information content (AvgIpc) is 2.48. The Morgan fingerprint density at radius 2 is 1.95 bits per heavy atom. The molecule has 1 aromatic carbocycles. The number of nitrogens with zero attached hydrogens (tertiary/aromatic N) is 1. The summed E-state index contributed by atoms with van der Waals surface area (Å²) in [4.78, 5) is 2.60. The molecule has 0 aliphatic carbocycles. The van der Waals surface area contributed by atoms with Gasteiger partial charge in [0.05, 0.1) is 0 Å². The van der Waals surface area contributed by atoms with E-state index in [1.54, 1.807) is 0 Å². The van der Waals surface area contributed by atoms with Gasteiger partial charge in [-0.15, -0.1) is 0 Å². The minimum Gasteiger partial charge on any atom is -0.328 e. The fourth-order valence-corrected chi connectivity index (χ4v) is 3.28. The lowest BCUT2D eigenvalue weighted by Gasteiger charge is -2.38. The van der Waals surface area contributed by atoms with Crippen LogP contribution in [0.4, 0.5) is 0 Å². The van der Waals surface area contributed by atoms with Crippen molar-refractivity contribution < 1.29 is 0 Å². The smallest absolute Gasteiger partial charge is 0.0320 e. The van der Waals surface area contributed by atoms with Crippen molar-refractivity contribution in [1.82, 2.24) is 4.90 Å². The van der Waals surface area contributed by atoms with Gasteiger partial charge in [0.15, 0.2) is 0 Å². The molecule has 1 aliphatic rings. The van der Waals surface area contributed by atoms with Crippen molar-refractivity contribution >= 4 is 0 Å². The number of benzene rings is 1. The second-order valence-electron chi connectivity index (χ2n) is 6.42. The van der Waals surface area contributed by atoms with Crippen molar-refractivity contribution in [2.24, 2.45) is 11.7 Å². The standard InChI is InChI=1S/C18H30N2/c1-4-6-16-8-10-17(11-9-16)15(3)20-12-5-7-18(13-20)14(2)19/h8-11,14-15,18H,4-7,12-13,19H2,1-3H3. The van der Waals surface area contributed by atoms with Crippen LogP contribution in [0.1, 0.15) is 57.2 Å². The van der Waals surface area contributed by atoms with Crippen LogP contribution < -0.4 is 5.73 Å². The molecule has 0 aromatic heterocycles. The second-order valence-corrected chi connectivity index (χ2v) is 6.42. The number of hydrogen-bond donors (Lipinski definition) is 1. The lowest BCUT2D eigenvalue weighted by molar-refractivity contribution is 0.121. The monoisotopic (exact) mass is 274 g/mol. The highest BCUT2D eigenvalue weighted by molar-refractivity contribution is 5.25. The molecule has 1 heterocycles. The Balaban J connectivity index is 2.00. The first kappa shape index (κ1) is 15.5. The minimum atomic E-state index is 0.317. The number of likely N-dealkylation sites (tertiary alicyclic amines) is 1. The molecule has 1 saturated heterocycles. The van der Waals surface area contributed by atoms with Crippen molar-refractivity contribution in [1.29, 1.82) is 0 Å². The van der Waals surface area contributed by atoms with E-state index in [0.717, 1.165) is 6.54 Å². The maximum absolute atomic E-state index is 6.09. The number of aryl methyl sites for hydroxylation is 1. The van der Waals surface area contributed by atoms with Gasteiger partial charge in [-0.25, -0.2) is 0 Å². The fourth-order valence-electron chi connectivity index (χ4n) is 3.28. The zero-order valence-electron chi connectivity index (χ0n) is 13.3. The first-order chi connectivity index (χ1) is 9.61. The predicted molar refractivity (Wildman–Crippen MR) is 86.8 cm³/mol. The summed E-state index contributed by atoms with van der Waals surface area (Å²) in [5.74, 6) is 0.658. The van der Waals surface area contributed by atoms with Crippen LogP contribution in [0.15, 0.2) is 24.3 Å². The van der Waals surface area contributed by atoms with Crippen molar-refractivity contribution in [3.05, 3.63) is 35.4 Å². The number of rotatable bonds is 5. The van der Waals surface area contributed by atoms with Crippen LogP contribution in [0.5, 0.6) is 0 Å². The highest BCUT2D eigenvalue weighted by atomic mass is 15.2. The Morgan fingerprint density at radius 1 is 1.25 bits per heavy atom. The van der Waals surface area contributed by atoms with E-state index >= 15 is 0 Å². The van der Waals surface area contributed by atoms with Crippen LogP contribution in [0.25, 0.3) is 0 Å². The summed E-state index contributed by atoms with van der Waals surface area (Å²) in [5, 5.41) is 0. The Kier molecular flexibility index (Phi) is 5.62. The molecule has 2 N–H and O–H groups in total. The predicted octanol–water partition coefficient (Wildman–Crippen LogP) is 3.76. The molecular weight excluding hydrogens is 244 g/mol. The van der Waals surface area contributed by atoms with Gasteiger partial charge in [-0.05, 0) is 56.7 Å². The van der Waals surface area contributed by atoms with E-state index in [2.05, 4.69) is 49.9 Å². The lowest BCUT2D eigenvalue weighted by atomic mass is 9.90. The van der Waals surface area contributed by atoms with Gasteiger partial charge in [-0.1, -0.05) is 37.6 Å². The van der Waals surface area contributed by atoms with E-state index in [-0.39, 0.29) is 0 Å². The maximum Gasteiger partial charge on any atom is 0.0320 e. The maximum atomic E-state index is 6.09. The molecule has 0 spiro atoms. The topological polar surface area (TPSA) is 29.3 Å². The van der Waals surface area contributed by atoms with E-state index in [4.69, 9.17) is 5.73 Å². The highest BCUT2D eigenvalue weighted by Crippen LogP contribution is 2.27. The Bertz CT molecular complexity index is 396. The van der Waals surface area contributed by atoms with Crippen molar-refractivity contribution in [2.75, 3.05) is 13.1 Å². The Hall–Kier alpha value is -0.860. The molecule has 2 heteroatoms. The van der Waals surface area contributed by atoms with Gasteiger partial charge in [0, 0.05) is 18.6 Å². The summed E-state index contributed by atoms with van der Waals surface area (Å²) >= 11 is 0. The van der Waals surface area contributed by atoms with Crippen molar-refractivity contribution in [2.45, 2.75) is 58.5 Å². The van der Waals surface area contributed by atoms with E-state index < -0.39 is 0 Å². The van der Waals surface area contributed by atoms with E-state index in [1.165, 1.54) is 43.4 Å². The second kappa shape index (κ2) is 7.24. The molecule has 1 fully saturated rings. The third kappa shape index (κ3) is 3.83. The van der Waals surface area contributed by atoms with Gasteiger partial charge in [-0.2, -0.15) is 0 Å². The molecule has 1 aliphatic heterocycles. The van der Waals surface area contributed by atoms with Gasteiger partial charge >= 0.3 is 0 Å². The molecular formula is C18H30N2. The fraction of sp³-hybridized carbons (Fsp3) is 0.667.